The molecule has 2 aliphatic rings. The second-order valence-electron chi connectivity index (χ2n) is 4.60. The number of hydrogen-bond donors (Lipinski definition) is 1. The summed E-state index contributed by atoms with van der Waals surface area (Å²) in [5.74, 6) is -0.0906. The van der Waals surface area contributed by atoms with E-state index >= 15 is 0 Å². The predicted molar refractivity (Wildman–Crippen MR) is 64.0 cm³/mol. The molecular formula is C14H18O2. The van der Waals surface area contributed by atoms with Gasteiger partial charge in [0, 0.05) is 5.57 Å². The van der Waals surface area contributed by atoms with Crippen LogP contribution in [0.4, 0.5) is 0 Å². The van der Waals surface area contributed by atoms with Gasteiger partial charge in [-0.3, -0.25) is 4.79 Å². The maximum absolute atomic E-state index is 12.2. The van der Waals surface area contributed by atoms with E-state index in [4.69, 9.17) is 0 Å². The van der Waals surface area contributed by atoms with Gasteiger partial charge < -0.3 is 5.11 Å². The van der Waals surface area contributed by atoms with Gasteiger partial charge >= 0.3 is 0 Å². The fourth-order valence-corrected chi connectivity index (χ4v) is 2.38. The van der Waals surface area contributed by atoms with Crippen molar-refractivity contribution in [1.82, 2.24) is 0 Å². The Morgan fingerprint density at radius 2 is 1.94 bits per heavy atom. The van der Waals surface area contributed by atoms with Gasteiger partial charge in [0.1, 0.15) is 5.60 Å². The minimum Gasteiger partial charge on any atom is -0.382 e. The minimum atomic E-state index is -1.10. The first-order valence-electron chi connectivity index (χ1n) is 6.03. The summed E-state index contributed by atoms with van der Waals surface area (Å²) >= 11 is 0. The van der Waals surface area contributed by atoms with E-state index in [-0.39, 0.29) is 5.78 Å². The molecule has 0 aromatic carbocycles. The van der Waals surface area contributed by atoms with E-state index in [9.17, 15) is 9.90 Å². The van der Waals surface area contributed by atoms with Crippen LogP contribution in [0.5, 0.6) is 0 Å². The summed E-state index contributed by atoms with van der Waals surface area (Å²) in [7, 11) is 0. The van der Waals surface area contributed by atoms with Gasteiger partial charge in [0.05, 0.1) is 0 Å². The van der Waals surface area contributed by atoms with Crippen LogP contribution in [-0.2, 0) is 4.79 Å². The number of ketones is 1. The summed E-state index contributed by atoms with van der Waals surface area (Å²) in [4.78, 5) is 12.2. The number of aliphatic hydroxyl groups is 1. The number of Topliss-reactive ketones (excluding diaryl/α,β-unsaturated/α-hetero) is 1. The van der Waals surface area contributed by atoms with Gasteiger partial charge in [-0.15, -0.1) is 0 Å². The first kappa shape index (κ1) is 11.3. The Balaban J connectivity index is 2.14. The Morgan fingerprint density at radius 1 is 1.19 bits per heavy atom. The second kappa shape index (κ2) is 4.79. The monoisotopic (exact) mass is 218 g/mol. The van der Waals surface area contributed by atoms with Crippen LogP contribution < -0.4 is 0 Å². The first-order chi connectivity index (χ1) is 7.72. The topological polar surface area (TPSA) is 37.3 Å². The molecule has 2 heteroatoms. The average Bonchev–Trinajstić information content (AvgIpc) is 2.57. The SMILES string of the molecule is O=C(C1=CCC=CC=C1)C1(O)CCCCC1. The van der Waals surface area contributed by atoms with Crippen LogP contribution in [0.1, 0.15) is 38.5 Å². The highest BCUT2D eigenvalue weighted by Crippen LogP contribution is 2.31. The highest BCUT2D eigenvalue weighted by atomic mass is 16.3. The highest BCUT2D eigenvalue weighted by Gasteiger charge is 2.37. The Bertz CT molecular complexity index is 355. The lowest BCUT2D eigenvalue weighted by molar-refractivity contribution is -0.136. The molecule has 0 radical (unpaired) electrons. The molecule has 0 bridgehead atoms. The summed E-state index contributed by atoms with van der Waals surface area (Å²) in [6.45, 7) is 0. The minimum absolute atomic E-state index is 0.0906. The Morgan fingerprint density at radius 3 is 2.69 bits per heavy atom. The van der Waals surface area contributed by atoms with Gasteiger partial charge in [-0.25, -0.2) is 0 Å². The zero-order chi connectivity index (χ0) is 11.4. The van der Waals surface area contributed by atoms with Crippen molar-refractivity contribution in [2.45, 2.75) is 44.1 Å². The van der Waals surface area contributed by atoms with E-state index in [0.29, 0.717) is 18.4 Å². The number of carbonyl (C=O) groups is 1. The molecule has 2 aliphatic carbocycles. The molecule has 0 aliphatic heterocycles. The molecule has 0 saturated heterocycles. The van der Waals surface area contributed by atoms with Crippen LogP contribution in [0.3, 0.4) is 0 Å². The molecular weight excluding hydrogens is 200 g/mol. The van der Waals surface area contributed by atoms with Crippen LogP contribution in [0, 0.1) is 0 Å². The van der Waals surface area contributed by atoms with E-state index in [0.717, 1.165) is 25.7 Å². The van der Waals surface area contributed by atoms with Crippen molar-refractivity contribution in [2.24, 2.45) is 0 Å². The molecule has 0 aromatic rings. The molecule has 0 unspecified atom stereocenters. The van der Waals surface area contributed by atoms with Gasteiger partial charge in [0.25, 0.3) is 0 Å². The maximum atomic E-state index is 12.2. The second-order valence-corrected chi connectivity index (χ2v) is 4.60. The molecule has 2 nitrogen and oxygen atoms in total. The molecule has 86 valence electrons. The van der Waals surface area contributed by atoms with Crippen molar-refractivity contribution in [3.63, 3.8) is 0 Å². The third kappa shape index (κ3) is 2.33. The Hall–Kier alpha value is -1.15. The van der Waals surface area contributed by atoms with E-state index in [1.165, 1.54) is 0 Å². The van der Waals surface area contributed by atoms with Gasteiger partial charge in [0.15, 0.2) is 5.78 Å². The number of hydrogen-bond acceptors (Lipinski definition) is 2. The maximum Gasteiger partial charge on any atom is 0.194 e. The highest BCUT2D eigenvalue weighted by molar-refractivity contribution is 6.04. The fraction of sp³-hybridized carbons (Fsp3) is 0.500. The number of rotatable bonds is 2. The van der Waals surface area contributed by atoms with Gasteiger partial charge in [-0.05, 0) is 19.3 Å². The summed E-state index contributed by atoms with van der Waals surface area (Å²) < 4.78 is 0. The lowest BCUT2D eigenvalue weighted by Crippen LogP contribution is -2.41. The molecule has 16 heavy (non-hydrogen) atoms. The normalized spacial score (nSPS) is 23.7. The molecule has 1 N–H and O–H groups in total. The summed E-state index contributed by atoms with van der Waals surface area (Å²) in [5.41, 5.74) is -0.437. The van der Waals surface area contributed by atoms with E-state index in [1.807, 2.05) is 24.3 Å². The smallest absolute Gasteiger partial charge is 0.194 e. The third-order valence-corrected chi connectivity index (χ3v) is 3.36. The Labute approximate surface area is 96.4 Å². The molecule has 0 atom stereocenters. The van der Waals surface area contributed by atoms with Crippen molar-refractivity contribution in [2.75, 3.05) is 0 Å². The zero-order valence-electron chi connectivity index (χ0n) is 9.48. The Kier molecular flexibility index (Phi) is 3.39. The largest absolute Gasteiger partial charge is 0.382 e. The van der Waals surface area contributed by atoms with Crippen LogP contribution >= 0.6 is 0 Å². The quantitative estimate of drug-likeness (QED) is 0.773. The lowest BCUT2D eigenvalue weighted by Gasteiger charge is -2.30. The van der Waals surface area contributed by atoms with Crippen molar-refractivity contribution in [3.8, 4) is 0 Å². The molecule has 2 rings (SSSR count). The predicted octanol–water partition coefficient (Wildman–Crippen LogP) is 2.69. The van der Waals surface area contributed by atoms with E-state index in [2.05, 4.69) is 0 Å². The standard InChI is InChI=1S/C14H18O2/c15-13(12-8-4-1-2-5-9-12)14(16)10-6-3-7-11-14/h1-2,4,8-9,16H,3,5-7,10-11H2. The molecule has 0 spiro atoms. The number of carbonyl (C=O) groups excluding carboxylic acids is 1. The third-order valence-electron chi connectivity index (χ3n) is 3.36. The van der Waals surface area contributed by atoms with Gasteiger partial charge in [0.2, 0.25) is 0 Å². The van der Waals surface area contributed by atoms with Crippen molar-refractivity contribution in [3.05, 3.63) is 36.0 Å². The summed E-state index contributed by atoms with van der Waals surface area (Å²) in [5, 5.41) is 10.3. The fourth-order valence-electron chi connectivity index (χ4n) is 2.38. The van der Waals surface area contributed by atoms with Gasteiger partial charge in [-0.1, -0.05) is 49.6 Å². The first-order valence-corrected chi connectivity index (χ1v) is 6.03. The van der Waals surface area contributed by atoms with Crippen molar-refractivity contribution >= 4 is 5.78 Å². The average molecular weight is 218 g/mol. The molecule has 0 aromatic heterocycles. The van der Waals surface area contributed by atoms with Crippen LogP contribution in [0.15, 0.2) is 36.0 Å². The summed E-state index contributed by atoms with van der Waals surface area (Å²) in [6.07, 6.45) is 14.5. The van der Waals surface area contributed by atoms with Crippen LogP contribution in [0.2, 0.25) is 0 Å². The molecule has 0 amide bonds. The van der Waals surface area contributed by atoms with Crippen molar-refractivity contribution in [1.29, 1.82) is 0 Å². The van der Waals surface area contributed by atoms with Crippen LogP contribution in [-0.4, -0.2) is 16.5 Å². The molecule has 1 saturated carbocycles. The van der Waals surface area contributed by atoms with E-state index in [1.54, 1.807) is 6.08 Å². The molecule has 1 fully saturated rings. The molecule has 0 heterocycles. The number of allylic oxidation sites excluding steroid dienone is 5. The van der Waals surface area contributed by atoms with Crippen LogP contribution in [0.25, 0.3) is 0 Å². The van der Waals surface area contributed by atoms with Gasteiger partial charge in [-0.2, -0.15) is 0 Å². The van der Waals surface area contributed by atoms with Crippen molar-refractivity contribution < 1.29 is 9.90 Å². The lowest BCUT2D eigenvalue weighted by atomic mass is 9.79. The summed E-state index contributed by atoms with van der Waals surface area (Å²) in [6, 6.07) is 0. The zero-order valence-corrected chi connectivity index (χ0v) is 9.48. The van der Waals surface area contributed by atoms with E-state index < -0.39 is 5.60 Å².